The molecule has 6 nitrogen and oxygen atoms in total. The lowest BCUT2D eigenvalue weighted by Gasteiger charge is -2.25. The van der Waals surface area contributed by atoms with Gasteiger partial charge >= 0.3 is 6.03 Å². The van der Waals surface area contributed by atoms with Crippen molar-refractivity contribution in [2.45, 2.75) is 12.5 Å². The van der Waals surface area contributed by atoms with E-state index in [-0.39, 0.29) is 5.91 Å². The number of para-hydroxylation sites is 1. The molecule has 158 valence electrons. The highest BCUT2D eigenvalue weighted by Gasteiger charge is 2.32. The third kappa shape index (κ3) is 4.49. The Morgan fingerprint density at radius 1 is 1.03 bits per heavy atom. The van der Waals surface area contributed by atoms with Gasteiger partial charge in [0, 0.05) is 17.3 Å². The maximum atomic E-state index is 13.5. The topological polar surface area (TPSA) is 70.7 Å². The third-order valence-corrected chi connectivity index (χ3v) is 5.45. The first-order chi connectivity index (χ1) is 15.1. The monoisotopic (exact) mass is 435 g/mol. The zero-order valence-electron chi connectivity index (χ0n) is 17.0. The van der Waals surface area contributed by atoms with E-state index in [1.165, 1.54) is 7.11 Å². The molecule has 0 aromatic heterocycles. The fourth-order valence-electron chi connectivity index (χ4n) is 3.72. The summed E-state index contributed by atoms with van der Waals surface area (Å²) in [7, 11) is 1.51. The fourth-order valence-corrected chi connectivity index (χ4v) is 3.90. The van der Waals surface area contributed by atoms with Crippen molar-refractivity contribution >= 4 is 34.9 Å². The molecule has 0 spiro atoms. The molecule has 1 aliphatic heterocycles. The summed E-state index contributed by atoms with van der Waals surface area (Å²) in [5.74, 6) is 0.278. The number of nitrogens with zero attached hydrogens (tertiary/aromatic N) is 1. The maximum absolute atomic E-state index is 13.5. The predicted molar refractivity (Wildman–Crippen MR) is 122 cm³/mol. The highest BCUT2D eigenvalue weighted by Crippen LogP contribution is 2.31. The van der Waals surface area contributed by atoms with E-state index < -0.39 is 12.1 Å². The second kappa shape index (κ2) is 9.10. The number of anilines is 2. The number of hydrogen-bond donors (Lipinski definition) is 2. The van der Waals surface area contributed by atoms with Crippen molar-refractivity contribution in [3.8, 4) is 5.75 Å². The van der Waals surface area contributed by atoms with Crippen LogP contribution in [-0.4, -0.2) is 25.6 Å². The number of rotatable bonds is 5. The first-order valence-corrected chi connectivity index (χ1v) is 10.3. The Bertz CT molecular complexity index is 1100. The third-order valence-electron chi connectivity index (χ3n) is 5.22. The number of amides is 3. The first kappa shape index (κ1) is 20.8. The number of halogens is 1. The second-order valence-corrected chi connectivity index (χ2v) is 7.59. The van der Waals surface area contributed by atoms with Gasteiger partial charge in [0.1, 0.15) is 11.8 Å². The van der Waals surface area contributed by atoms with Gasteiger partial charge < -0.3 is 20.3 Å². The van der Waals surface area contributed by atoms with Crippen LogP contribution in [0.4, 0.5) is 16.2 Å². The average molecular weight is 436 g/mol. The maximum Gasteiger partial charge on any atom is 0.320 e. The van der Waals surface area contributed by atoms with Gasteiger partial charge in [0.25, 0.3) is 5.91 Å². The summed E-state index contributed by atoms with van der Waals surface area (Å²) in [6, 6.07) is 20.6. The lowest BCUT2D eigenvalue weighted by Crippen LogP contribution is -2.43. The molecule has 7 heteroatoms. The molecule has 0 saturated carbocycles. The standard InChI is InChI=1S/C24H22ClN3O3/c1-31-21-12-11-18(25)15-19(21)26-24(30)27-22(17-8-3-2-4-9-17)23(29)28-14-13-16-7-5-6-10-20(16)28/h2-12,15,22H,13-14H2,1H3,(H2,26,27,30)/t22-/m1/s1. The molecule has 0 aliphatic carbocycles. The van der Waals surface area contributed by atoms with Gasteiger partial charge in [-0.05, 0) is 41.8 Å². The van der Waals surface area contributed by atoms with Gasteiger partial charge in [0.2, 0.25) is 0 Å². The number of urea groups is 1. The van der Waals surface area contributed by atoms with Crippen LogP contribution in [0.1, 0.15) is 17.2 Å². The van der Waals surface area contributed by atoms with Gasteiger partial charge in [0.15, 0.2) is 0 Å². The minimum atomic E-state index is -0.850. The molecular formula is C24H22ClN3O3. The van der Waals surface area contributed by atoms with E-state index in [2.05, 4.69) is 10.6 Å². The second-order valence-electron chi connectivity index (χ2n) is 7.16. The SMILES string of the molecule is COc1ccc(Cl)cc1NC(=O)N[C@@H](C(=O)N1CCc2ccccc21)c1ccccc1. The minimum Gasteiger partial charge on any atom is -0.495 e. The molecule has 31 heavy (non-hydrogen) atoms. The summed E-state index contributed by atoms with van der Waals surface area (Å²) in [5.41, 5.74) is 3.12. The summed E-state index contributed by atoms with van der Waals surface area (Å²) in [5, 5.41) is 6.02. The molecule has 0 unspecified atom stereocenters. The van der Waals surface area contributed by atoms with E-state index in [4.69, 9.17) is 16.3 Å². The van der Waals surface area contributed by atoms with Crippen LogP contribution >= 0.6 is 11.6 Å². The van der Waals surface area contributed by atoms with E-state index in [0.29, 0.717) is 28.6 Å². The van der Waals surface area contributed by atoms with E-state index in [9.17, 15) is 9.59 Å². The van der Waals surface area contributed by atoms with E-state index >= 15 is 0 Å². The van der Waals surface area contributed by atoms with Gasteiger partial charge in [-0.1, -0.05) is 60.1 Å². The average Bonchev–Trinajstić information content (AvgIpc) is 3.22. The first-order valence-electron chi connectivity index (χ1n) is 9.92. The molecule has 3 amide bonds. The van der Waals surface area contributed by atoms with Crippen LogP contribution in [0.5, 0.6) is 5.75 Å². The fraction of sp³-hybridized carbons (Fsp3) is 0.167. The Balaban J connectivity index is 1.59. The molecule has 0 radical (unpaired) electrons. The molecule has 0 saturated heterocycles. The molecule has 0 bridgehead atoms. The number of ether oxygens (including phenoxy) is 1. The van der Waals surface area contributed by atoms with Crippen molar-refractivity contribution in [3.63, 3.8) is 0 Å². The van der Waals surface area contributed by atoms with Gasteiger partial charge in [-0.25, -0.2) is 4.79 Å². The van der Waals surface area contributed by atoms with Crippen LogP contribution in [0.15, 0.2) is 72.8 Å². The van der Waals surface area contributed by atoms with Crippen molar-refractivity contribution in [1.29, 1.82) is 0 Å². The smallest absolute Gasteiger partial charge is 0.320 e. The predicted octanol–water partition coefficient (Wildman–Crippen LogP) is 4.80. The highest BCUT2D eigenvalue weighted by molar-refractivity contribution is 6.31. The number of carbonyl (C=O) groups excluding carboxylic acids is 2. The van der Waals surface area contributed by atoms with Crippen LogP contribution in [0.2, 0.25) is 5.02 Å². The summed E-state index contributed by atoms with van der Waals surface area (Å²) >= 11 is 6.06. The lowest BCUT2D eigenvalue weighted by molar-refractivity contribution is -0.120. The van der Waals surface area contributed by atoms with Gasteiger partial charge in [-0.15, -0.1) is 0 Å². The van der Waals surface area contributed by atoms with Gasteiger partial charge in [-0.3, -0.25) is 4.79 Å². The Hall–Kier alpha value is -3.51. The molecular weight excluding hydrogens is 414 g/mol. The lowest BCUT2D eigenvalue weighted by atomic mass is 10.1. The normalized spacial score (nSPS) is 13.3. The molecule has 1 aliphatic rings. The van der Waals surface area contributed by atoms with E-state index in [1.807, 2.05) is 54.6 Å². The number of methoxy groups -OCH3 is 1. The van der Waals surface area contributed by atoms with E-state index in [0.717, 1.165) is 17.7 Å². The van der Waals surface area contributed by atoms with Gasteiger partial charge in [-0.2, -0.15) is 0 Å². The van der Waals surface area contributed by atoms with Crippen LogP contribution < -0.4 is 20.3 Å². The van der Waals surface area contributed by atoms with Crippen molar-refractivity contribution in [2.75, 3.05) is 23.9 Å². The molecule has 2 N–H and O–H groups in total. The molecule has 0 fully saturated rings. The van der Waals surface area contributed by atoms with Crippen LogP contribution in [-0.2, 0) is 11.2 Å². The number of fused-ring (bicyclic) bond motifs is 1. The van der Waals surface area contributed by atoms with E-state index in [1.54, 1.807) is 23.1 Å². The summed E-state index contributed by atoms with van der Waals surface area (Å²) in [4.78, 5) is 28.1. The zero-order valence-corrected chi connectivity index (χ0v) is 17.7. The molecule has 3 aromatic carbocycles. The number of carbonyl (C=O) groups is 2. The van der Waals surface area contributed by atoms with Crippen molar-refractivity contribution in [1.82, 2.24) is 5.32 Å². The Morgan fingerprint density at radius 3 is 2.55 bits per heavy atom. The molecule has 4 rings (SSSR count). The van der Waals surface area contributed by atoms with Crippen LogP contribution in [0.3, 0.4) is 0 Å². The Morgan fingerprint density at radius 2 is 1.77 bits per heavy atom. The zero-order chi connectivity index (χ0) is 21.8. The number of hydrogen-bond acceptors (Lipinski definition) is 3. The Kier molecular flexibility index (Phi) is 6.09. The molecule has 1 heterocycles. The quantitative estimate of drug-likeness (QED) is 0.604. The van der Waals surface area contributed by atoms with Gasteiger partial charge in [0.05, 0.1) is 12.8 Å². The van der Waals surface area contributed by atoms with Crippen LogP contribution in [0, 0.1) is 0 Å². The summed E-state index contributed by atoms with van der Waals surface area (Å²) in [6.45, 7) is 0.576. The number of benzene rings is 3. The van der Waals surface area contributed by atoms with Crippen LogP contribution in [0.25, 0.3) is 0 Å². The van der Waals surface area contributed by atoms with Crippen molar-refractivity contribution in [2.24, 2.45) is 0 Å². The van der Waals surface area contributed by atoms with Crippen molar-refractivity contribution < 1.29 is 14.3 Å². The molecule has 1 atom stereocenters. The molecule has 3 aromatic rings. The number of nitrogens with one attached hydrogen (secondary N) is 2. The largest absolute Gasteiger partial charge is 0.495 e. The summed E-state index contributed by atoms with van der Waals surface area (Å²) < 4.78 is 5.28. The minimum absolute atomic E-state index is 0.190. The highest BCUT2D eigenvalue weighted by atomic mass is 35.5. The van der Waals surface area contributed by atoms with Crippen molar-refractivity contribution in [3.05, 3.63) is 88.9 Å². The Labute approximate surface area is 185 Å². The summed E-state index contributed by atoms with van der Waals surface area (Å²) in [6.07, 6.45) is 0.787.